The van der Waals surface area contributed by atoms with E-state index in [9.17, 15) is 33.1 Å². The lowest BCUT2D eigenvalue weighted by Crippen LogP contribution is -2.60. The van der Waals surface area contributed by atoms with Crippen molar-refractivity contribution in [3.8, 4) is 0 Å². The molecule has 1 heterocycles. The quantitative estimate of drug-likeness (QED) is 0.0258. The fourth-order valence-electron chi connectivity index (χ4n) is 9.56. The Hall–Kier alpha value is -0.900. The fourth-order valence-corrected chi connectivity index (χ4v) is 10.1. The van der Waals surface area contributed by atoms with Crippen molar-refractivity contribution in [3.63, 3.8) is 0 Å². The van der Waals surface area contributed by atoms with Gasteiger partial charge >= 0.3 is 16.4 Å². The minimum absolute atomic E-state index is 0.0456. The van der Waals surface area contributed by atoms with Crippen molar-refractivity contribution in [2.75, 3.05) is 26.4 Å². The van der Waals surface area contributed by atoms with Crippen LogP contribution < -0.4 is 0 Å². The number of aliphatic hydroxyl groups is 3. The summed E-state index contributed by atoms with van der Waals surface area (Å²) in [4.78, 5) is 13.0. The zero-order chi connectivity index (χ0) is 50.3. The Labute approximate surface area is 424 Å². The minimum atomic E-state index is -5.06. The highest BCUT2D eigenvalue weighted by Gasteiger charge is 2.48. The number of unbranched alkanes of at least 4 members (excludes halogenated alkanes) is 40. The van der Waals surface area contributed by atoms with Gasteiger partial charge in [-0.15, -0.1) is 0 Å². The van der Waals surface area contributed by atoms with Crippen LogP contribution in [0.4, 0.5) is 0 Å². The lowest BCUT2D eigenvalue weighted by atomic mass is 9.99. The standard InChI is InChI=1S/C56H110O12S/c1-3-5-7-9-11-13-15-17-19-21-23-24-25-26-27-29-31-33-35-37-39-41-43-45-52(58)66-50(49-65-56-54(60)55(68-69(61,62)63)53(59)51(47-57)67-56)48-64-46-44-42-40-38-36-34-32-30-28-22-20-18-16-14-12-10-8-6-4-2/h50-51,53-57,59-60H,3-49H2,1-2H3,(H,61,62,63). The van der Waals surface area contributed by atoms with Gasteiger partial charge in [-0.05, 0) is 12.8 Å². The predicted octanol–water partition coefficient (Wildman–Crippen LogP) is 14.4. The molecule has 0 bridgehead atoms. The average molecular weight is 1010 g/mol. The van der Waals surface area contributed by atoms with Crippen LogP contribution in [0.1, 0.15) is 290 Å². The third kappa shape index (κ3) is 41.2. The largest absolute Gasteiger partial charge is 0.457 e. The molecule has 0 radical (unpaired) electrons. The SMILES string of the molecule is CCCCCCCCCCCCCCCCCCCCCCCCCC(=O)OC(COCCCCCCCCCCCCCCCCCCCCC)COC1OC(CO)C(O)C(OS(=O)(=O)O)C1O. The van der Waals surface area contributed by atoms with Crippen molar-refractivity contribution >= 4 is 16.4 Å². The predicted molar refractivity (Wildman–Crippen MR) is 281 cm³/mol. The maximum absolute atomic E-state index is 13.0. The molecule has 0 aromatic rings. The van der Waals surface area contributed by atoms with Gasteiger partial charge in [0.25, 0.3) is 0 Å². The van der Waals surface area contributed by atoms with Crippen molar-refractivity contribution in [1.82, 2.24) is 0 Å². The van der Waals surface area contributed by atoms with E-state index in [4.69, 9.17) is 18.9 Å². The fraction of sp³-hybridized carbons (Fsp3) is 0.982. The molecule has 1 aliphatic rings. The number of carbonyl (C=O) groups excluding carboxylic acids is 1. The molecule has 6 atom stereocenters. The Balaban J connectivity index is 2.27. The molecule has 69 heavy (non-hydrogen) atoms. The van der Waals surface area contributed by atoms with Gasteiger partial charge in [0, 0.05) is 13.0 Å². The van der Waals surface area contributed by atoms with Crippen LogP contribution in [0, 0.1) is 0 Å². The molecule has 1 saturated heterocycles. The Morgan fingerprint density at radius 3 is 1.16 bits per heavy atom. The first-order valence-corrected chi connectivity index (χ1v) is 30.7. The monoisotopic (exact) mass is 1010 g/mol. The summed E-state index contributed by atoms with van der Waals surface area (Å²) < 4.78 is 59.4. The number of rotatable bonds is 53. The van der Waals surface area contributed by atoms with Gasteiger partial charge in [0.2, 0.25) is 0 Å². The number of carbonyl (C=O) groups is 1. The minimum Gasteiger partial charge on any atom is -0.457 e. The van der Waals surface area contributed by atoms with Crippen LogP contribution in [-0.2, 0) is 38.3 Å². The van der Waals surface area contributed by atoms with Crippen LogP contribution in [0.5, 0.6) is 0 Å². The molecule has 0 aromatic heterocycles. The molecule has 0 saturated carbocycles. The highest BCUT2D eigenvalue weighted by Crippen LogP contribution is 2.26. The van der Waals surface area contributed by atoms with Crippen LogP contribution in [-0.4, -0.2) is 97.5 Å². The molecule has 0 spiro atoms. The van der Waals surface area contributed by atoms with Gasteiger partial charge in [-0.1, -0.05) is 271 Å². The number of hydrogen-bond donors (Lipinski definition) is 4. The smallest absolute Gasteiger partial charge is 0.397 e. The summed E-state index contributed by atoms with van der Waals surface area (Å²) in [5.74, 6) is -0.388. The molecular formula is C56H110O12S. The second-order valence-corrected chi connectivity index (χ2v) is 21.7. The first-order valence-electron chi connectivity index (χ1n) is 29.3. The van der Waals surface area contributed by atoms with Gasteiger partial charge in [0.05, 0.1) is 19.8 Å². The summed E-state index contributed by atoms with van der Waals surface area (Å²) in [6.07, 6.45) is 45.7. The van der Waals surface area contributed by atoms with Crippen molar-refractivity contribution in [2.45, 2.75) is 327 Å². The van der Waals surface area contributed by atoms with Gasteiger partial charge in [-0.25, -0.2) is 4.18 Å². The summed E-state index contributed by atoms with van der Waals surface area (Å²) in [7, 11) is -5.06. The number of hydrogen-bond acceptors (Lipinski definition) is 11. The summed E-state index contributed by atoms with van der Waals surface area (Å²) in [5, 5.41) is 30.8. The van der Waals surface area contributed by atoms with Crippen LogP contribution in [0.15, 0.2) is 0 Å². The van der Waals surface area contributed by atoms with Crippen LogP contribution in [0.3, 0.4) is 0 Å². The molecule has 1 aliphatic heterocycles. The molecule has 0 aliphatic carbocycles. The van der Waals surface area contributed by atoms with Crippen molar-refractivity contribution in [1.29, 1.82) is 0 Å². The van der Waals surface area contributed by atoms with Gasteiger partial charge in [0.15, 0.2) is 6.29 Å². The highest BCUT2D eigenvalue weighted by atomic mass is 32.3. The zero-order valence-electron chi connectivity index (χ0n) is 44.7. The lowest BCUT2D eigenvalue weighted by Gasteiger charge is -2.41. The van der Waals surface area contributed by atoms with E-state index in [-0.39, 0.29) is 25.6 Å². The van der Waals surface area contributed by atoms with Crippen molar-refractivity contribution < 1.29 is 56.2 Å². The van der Waals surface area contributed by atoms with E-state index in [2.05, 4.69) is 18.0 Å². The maximum Gasteiger partial charge on any atom is 0.397 e. The third-order valence-corrected chi connectivity index (χ3v) is 14.4. The maximum atomic E-state index is 13.0. The molecule has 6 unspecified atom stereocenters. The van der Waals surface area contributed by atoms with Crippen molar-refractivity contribution in [3.05, 3.63) is 0 Å². The first kappa shape index (κ1) is 66.1. The van der Waals surface area contributed by atoms with E-state index in [1.54, 1.807) is 0 Å². The molecular weight excluding hydrogens is 897 g/mol. The van der Waals surface area contributed by atoms with E-state index in [1.807, 2.05) is 0 Å². The Morgan fingerprint density at radius 1 is 0.493 bits per heavy atom. The topological polar surface area (TPSA) is 178 Å². The summed E-state index contributed by atoms with van der Waals surface area (Å²) in [6.45, 7) is 4.08. The highest BCUT2D eigenvalue weighted by molar-refractivity contribution is 7.80. The van der Waals surface area contributed by atoms with Gasteiger partial charge < -0.3 is 34.3 Å². The molecule has 4 N–H and O–H groups in total. The molecule has 1 fully saturated rings. The average Bonchev–Trinajstić information content (AvgIpc) is 3.32. The van der Waals surface area contributed by atoms with Crippen LogP contribution >= 0.6 is 0 Å². The van der Waals surface area contributed by atoms with E-state index >= 15 is 0 Å². The van der Waals surface area contributed by atoms with Gasteiger partial charge in [-0.2, -0.15) is 8.42 Å². The lowest BCUT2D eigenvalue weighted by molar-refractivity contribution is -0.301. The van der Waals surface area contributed by atoms with Gasteiger partial charge in [-0.3, -0.25) is 9.35 Å². The summed E-state index contributed by atoms with van der Waals surface area (Å²) >= 11 is 0. The molecule has 412 valence electrons. The second-order valence-electron chi connectivity index (χ2n) is 20.6. The van der Waals surface area contributed by atoms with Crippen LogP contribution in [0.25, 0.3) is 0 Å². The van der Waals surface area contributed by atoms with E-state index in [1.165, 1.54) is 225 Å². The van der Waals surface area contributed by atoms with E-state index in [0.717, 1.165) is 38.5 Å². The van der Waals surface area contributed by atoms with E-state index in [0.29, 0.717) is 13.0 Å². The Kier molecular flexibility index (Phi) is 46.1. The molecule has 1 rings (SSSR count). The van der Waals surface area contributed by atoms with Crippen LogP contribution in [0.2, 0.25) is 0 Å². The number of esters is 1. The Bertz CT molecular complexity index is 1210. The normalized spacial score (nSPS) is 19.1. The van der Waals surface area contributed by atoms with Gasteiger partial charge in [0.1, 0.15) is 30.5 Å². The van der Waals surface area contributed by atoms with Crippen molar-refractivity contribution in [2.24, 2.45) is 0 Å². The second kappa shape index (κ2) is 48.1. The number of ether oxygens (including phenoxy) is 4. The Morgan fingerprint density at radius 2 is 0.826 bits per heavy atom. The molecule has 12 nitrogen and oxygen atoms in total. The summed E-state index contributed by atoms with van der Waals surface area (Å²) in [6, 6.07) is 0. The zero-order valence-corrected chi connectivity index (χ0v) is 45.5. The first-order chi connectivity index (χ1) is 33.6. The third-order valence-electron chi connectivity index (χ3n) is 14.0. The van der Waals surface area contributed by atoms with E-state index < -0.39 is 53.8 Å². The summed E-state index contributed by atoms with van der Waals surface area (Å²) in [5.41, 5.74) is 0. The molecule has 13 heteroatoms. The molecule has 0 aromatic carbocycles. The number of aliphatic hydroxyl groups excluding tert-OH is 3. The molecule has 0 amide bonds.